The number of urea groups is 1. The minimum Gasteiger partial charge on any atom is -0.481 e. The number of hydrogen-bond acceptors (Lipinski definition) is 3. The van der Waals surface area contributed by atoms with E-state index in [-0.39, 0.29) is 24.8 Å². The fourth-order valence-corrected chi connectivity index (χ4v) is 3.17. The van der Waals surface area contributed by atoms with Crippen LogP contribution in [0.1, 0.15) is 24.4 Å². The predicted octanol–water partition coefficient (Wildman–Crippen LogP) is 2.14. The molecule has 1 atom stereocenters. The number of benzene rings is 1. The molecule has 0 aliphatic carbocycles. The fourth-order valence-electron chi connectivity index (χ4n) is 2.03. The zero-order valence-corrected chi connectivity index (χ0v) is 11.5. The van der Waals surface area contributed by atoms with Crippen LogP contribution in [0, 0.1) is 5.82 Å². The number of rotatable bonds is 4. The number of aliphatic carboxylic acids is 1. The lowest BCUT2D eigenvalue weighted by atomic mass is 10.0. The molecule has 0 radical (unpaired) electrons. The normalized spacial score (nSPS) is 17.1. The second-order valence-corrected chi connectivity index (χ2v) is 5.50. The first-order valence-corrected chi connectivity index (χ1v) is 7.24. The zero-order valence-electron chi connectivity index (χ0n) is 10.7. The van der Waals surface area contributed by atoms with E-state index in [1.165, 1.54) is 17.8 Å². The van der Waals surface area contributed by atoms with Crippen molar-refractivity contribution in [3.63, 3.8) is 0 Å². The molecule has 1 aromatic rings. The third-order valence-electron chi connectivity index (χ3n) is 2.96. The first-order valence-electron chi connectivity index (χ1n) is 6.25. The molecule has 1 unspecified atom stereocenters. The third kappa shape index (κ3) is 3.63. The monoisotopic (exact) mass is 298 g/mol. The van der Waals surface area contributed by atoms with Gasteiger partial charge in [-0.25, -0.2) is 9.18 Å². The maximum Gasteiger partial charge on any atom is 0.315 e. The van der Waals surface area contributed by atoms with Crippen molar-refractivity contribution in [2.24, 2.45) is 0 Å². The second-order valence-electron chi connectivity index (χ2n) is 4.39. The largest absolute Gasteiger partial charge is 0.481 e. The number of carbonyl (C=O) groups excluding carboxylic acids is 1. The van der Waals surface area contributed by atoms with Gasteiger partial charge in [-0.15, -0.1) is 11.8 Å². The van der Waals surface area contributed by atoms with Gasteiger partial charge in [-0.1, -0.05) is 12.1 Å². The van der Waals surface area contributed by atoms with Crippen molar-refractivity contribution in [2.45, 2.75) is 23.8 Å². The van der Waals surface area contributed by atoms with Crippen molar-refractivity contribution < 1.29 is 19.1 Å². The van der Waals surface area contributed by atoms with Crippen LogP contribution in [-0.2, 0) is 4.79 Å². The van der Waals surface area contributed by atoms with Gasteiger partial charge in [0.25, 0.3) is 0 Å². The third-order valence-corrected chi connectivity index (χ3v) is 4.11. The molecule has 2 rings (SSSR count). The number of carbonyl (C=O) groups is 2. The van der Waals surface area contributed by atoms with Gasteiger partial charge in [-0.05, 0) is 18.1 Å². The zero-order chi connectivity index (χ0) is 14.5. The SMILES string of the molecule is O=C(O)CCNC(=O)NC1CCSc2c(F)cccc21. The fraction of sp³-hybridized carbons (Fsp3) is 0.385. The van der Waals surface area contributed by atoms with Crippen molar-refractivity contribution in [1.82, 2.24) is 10.6 Å². The Labute approximate surface area is 119 Å². The number of halogens is 1. The molecule has 108 valence electrons. The molecule has 0 spiro atoms. The van der Waals surface area contributed by atoms with Gasteiger partial charge in [0.05, 0.1) is 12.5 Å². The second kappa shape index (κ2) is 6.60. The van der Waals surface area contributed by atoms with Crippen LogP contribution in [0.25, 0.3) is 0 Å². The van der Waals surface area contributed by atoms with Crippen LogP contribution in [-0.4, -0.2) is 29.4 Å². The molecule has 0 bridgehead atoms. The van der Waals surface area contributed by atoms with Crippen LogP contribution < -0.4 is 10.6 Å². The standard InChI is InChI=1S/C13H15FN2O3S/c14-9-3-1-2-8-10(5-7-20-12(8)9)16-13(19)15-6-4-11(17)18/h1-3,10H,4-7H2,(H,17,18)(H2,15,16,19). The maximum absolute atomic E-state index is 13.7. The lowest BCUT2D eigenvalue weighted by Gasteiger charge is -2.26. The maximum atomic E-state index is 13.7. The number of fused-ring (bicyclic) bond motifs is 1. The van der Waals surface area contributed by atoms with Gasteiger partial charge in [0, 0.05) is 17.2 Å². The molecular formula is C13H15FN2O3S. The van der Waals surface area contributed by atoms with Gasteiger partial charge in [-0.3, -0.25) is 4.79 Å². The van der Waals surface area contributed by atoms with Crippen molar-refractivity contribution in [3.05, 3.63) is 29.6 Å². The molecule has 1 aliphatic rings. The van der Waals surface area contributed by atoms with E-state index in [2.05, 4.69) is 10.6 Å². The summed E-state index contributed by atoms with van der Waals surface area (Å²) in [5.74, 6) is -0.509. The summed E-state index contributed by atoms with van der Waals surface area (Å²) < 4.78 is 13.7. The smallest absolute Gasteiger partial charge is 0.315 e. The highest BCUT2D eigenvalue weighted by molar-refractivity contribution is 7.99. The first kappa shape index (κ1) is 14.6. The molecule has 3 N–H and O–H groups in total. The molecule has 0 fully saturated rings. The van der Waals surface area contributed by atoms with Crippen molar-refractivity contribution in [3.8, 4) is 0 Å². The number of nitrogens with one attached hydrogen (secondary N) is 2. The van der Waals surface area contributed by atoms with Gasteiger partial charge < -0.3 is 15.7 Å². The Balaban J connectivity index is 1.96. The molecule has 1 heterocycles. The van der Waals surface area contributed by atoms with Crippen molar-refractivity contribution in [1.29, 1.82) is 0 Å². The average molecular weight is 298 g/mol. The molecule has 0 saturated heterocycles. The highest BCUT2D eigenvalue weighted by Crippen LogP contribution is 2.37. The molecule has 0 aromatic heterocycles. The van der Waals surface area contributed by atoms with E-state index in [1.54, 1.807) is 12.1 Å². The lowest BCUT2D eigenvalue weighted by Crippen LogP contribution is -2.39. The van der Waals surface area contributed by atoms with E-state index in [0.717, 1.165) is 11.3 Å². The molecule has 20 heavy (non-hydrogen) atoms. The van der Waals surface area contributed by atoms with Gasteiger partial charge >= 0.3 is 12.0 Å². The van der Waals surface area contributed by atoms with Gasteiger partial charge in [0.15, 0.2) is 0 Å². The number of carboxylic acid groups (broad SMARTS) is 1. The Morgan fingerprint density at radius 1 is 1.45 bits per heavy atom. The van der Waals surface area contributed by atoms with E-state index in [9.17, 15) is 14.0 Å². The van der Waals surface area contributed by atoms with E-state index < -0.39 is 12.0 Å². The topological polar surface area (TPSA) is 78.4 Å². The first-order chi connectivity index (χ1) is 9.58. The molecule has 7 heteroatoms. The van der Waals surface area contributed by atoms with Crippen LogP contribution in [0.2, 0.25) is 0 Å². The van der Waals surface area contributed by atoms with E-state index in [4.69, 9.17) is 5.11 Å². The lowest BCUT2D eigenvalue weighted by molar-refractivity contribution is -0.136. The van der Waals surface area contributed by atoms with E-state index >= 15 is 0 Å². The molecule has 0 saturated carbocycles. The molecule has 1 aromatic carbocycles. The Morgan fingerprint density at radius 3 is 3.00 bits per heavy atom. The Hall–Kier alpha value is -1.76. The summed E-state index contributed by atoms with van der Waals surface area (Å²) in [4.78, 5) is 22.6. The molecule has 5 nitrogen and oxygen atoms in total. The number of thioether (sulfide) groups is 1. The molecule has 2 amide bonds. The van der Waals surface area contributed by atoms with Crippen LogP contribution in [0.4, 0.5) is 9.18 Å². The van der Waals surface area contributed by atoms with Crippen LogP contribution in [0.3, 0.4) is 0 Å². The van der Waals surface area contributed by atoms with Crippen LogP contribution in [0.5, 0.6) is 0 Å². The molecular weight excluding hydrogens is 283 g/mol. The predicted molar refractivity (Wildman–Crippen MR) is 73.3 cm³/mol. The Morgan fingerprint density at radius 2 is 2.25 bits per heavy atom. The minimum absolute atomic E-state index is 0.0681. The minimum atomic E-state index is -0.966. The summed E-state index contributed by atoms with van der Waals surface area (Å²) in [5.41, 5.74) is 0.773. The van der Waals surface area contributed by atoms with Crippen LogP contribution in [0.15, 0.2) is 23.1 Å². The van der Waals surface area contributed by atoms with Crippen molar-refractivity contribution >= 4 is 23.8 Å². The van der Waals surface area contributed by atoms with Gasteiger partial charge in [0.2, 0.25) is 0 Å². The Kier molecular flexibility index (Phi) is 4.84. The highest BCUT2D eigenvalue weighted by atomic mass is 32.2. The number of carboxylic acids is 1. The number of amides is 2. The summed E-state index contributed by atoms with van der Waals surface area (Å²) >= 11 is 1.44. The summed E-state index contributed by atoms with van der Waals surface area (Å²) in [6.07, 6.45) is 0.590. The average Bonchev–Trinajstić information content (AvgIpc) is 2.39. The van der Waals surface area contributed by atoms with Gasteiger partial charge in [-0.2, -0.15) is 0 Å². The quantitative estimate of drug-likeness (QED) is 0.796. The van der Waals surface area contributed by atoms with E-state index in [0.29, 0.717) is 11.3 Å². The number of hydrogen-bond donors (Lipinski definition) is 3. The van der Waals surface area contributed by atoms with Crippen molar-refractivity contribution in [2.75, 3.05) is 12.3 Å². The van der Waals surface area contributed by atoms with E-state index in [1.807, 2.05) is 0 Å². The summed E-state index contributed by atoms with van der Waals surface area (Å²) in [7, 11) is 0. The summed E-state index contributed by atoms with van der Waals surface area (Å²) in [5, 5.41) is 13.7. The summed E-state index contributed by atoms with van der Waals surface area (Å²) in [6.45, 7) is 0.0681. The highest BCUT2D eigenvalue weighted by Gasteiger charge is 2.24. The van der Waals surface area contributed by atoms with Crippen LogP contribution >= 0.6 is 11.8 Å². The Bertz CT molecular complexity index is 524. The van der Waals surface area contributed by atoms with Gasteiger partial charge in [0.1, 0.15) is 5.82 Å². The molecule has 1 aliphatic heterocycles. The summed E-state index contributed by atoms with van der Waals surface area (Å²) in [6, 6.07) is 4.15.